The van der Waals surface area contributed by atoms with Crippen molar-refractivity contribution in [2.45, 2.75) is 6.61 Å². The Kier molecular flexibility index (Phi) is 3.30. The van der Waals surface area contributed by atoms with Crippen LogP contribution in [-0.4, -0.2) is 15.3 Å². The number of rotatable bonds is 3. The summed E-state index contributed by atoms with van der Waals surface area (Å²) in [6.45, 7) is -0.110. The van der Waals surface area contributed by atoms with E-state index < -0.39 is 0 Å². The summed E-state index contributed by atoms with van der Waals surface area (Å²) in [5, 5.41) is 17.3. The first-order valence-corrected chi connectivity index (χ1v) is 5.75. The highest BCUT2D eigenvalue weighted by atomic mass is 79.9. The van der Waals surface area contributed by atoms with Crippen molar-refractivity contribution < 1.29 is 9.84 Å². The molecule has 15 heavy (non-hydrogen) atoms. The summed E-state index contributed by atoms with van der Waals surface area (Å²) in [7, 11) is 0. The van der Waals surface area contributed by atoms with Crippen LogP contribution in [0, 0.1) is 0 Å². The van der Waals surface area contributed by atoms with Gasteiger partial charge in [-0.25, -0.2) is 0 Å². The van der Waals surface area contributed by atoms with Crippen molar-refractivity contribution in [1.29, 1.82) is 0 Å². The van der Waals surface area contributed by atoms with Crippen LogP contribution in [0.3, 0.4) is 0 Å². The number of hydrogen-bond acceptors (Lipinski definition) is 5. The van der Waals surface area contributed by atoms with Gasteiger partial charge in [0.05, 0.1) is 6.61 Å². The topological polar surface area (TPSA) is 55.2 Å². The Morgan fingerprint density at radius 3 is 2.60 bits per heavy atom. The van der Waals surface area contributed by atoms with Gasteiger partial charge in [0.15, 0.2) is 0 Å². The molecule has 0 aliphatic rings. The lowest BCUT2D eigenvalue weighted by Crippen LogP contribution is -1.82. The lowest BCUT2D eigenvalue weighted by Gasteiger charge is -1.99. The second-order valence-electron chi connectivity index (χ2n) is 2.68. The fourth-order valence-corrected chi connectivity index (χ4v) is 1.78. The van der Waals surface area contributed by atoms with Crippen molar-refractivity contribution in [2.24, 2.45) is 0 Å². The van der Waals surface area contributed by atoms with E-state index in [1.807, 2.05) is 24.3 Å². The van der Waals surface area contributed by atoms with Crippen molar-refractivity contribution in [2.75, 3.05) is 0 Å². The number of hydrogen-bond donors (Lipinski definition) is 1. The lowest BCUT2D eigenvalue weighted by atomic mass is 10.3. The van der Waals surface area contributed by atoms with Crippen molar-refractivity contribution in [1.82, 2.24) is 10.2 Å². The first-order valence-electron chi connectivity index (χ1n) is 4.14. The molecule has 0 spiro atoms. The van der Waals surface area contributed by atoms with Crippen molar-refractivity contribution in [3.63, 3.8) is 0 Å². The molecule has 6 heteroatoms. The van der Waals surface area contributed by atoms with Gasteiger partial charge in [-0.3, -0.25) is 0 Å². The molecule has 2 rings (SSSR count). The van der Waals surface area contributed by atoms with E-state index in [4.69, 9.17) is 9.84 Å². The highest BCUT2D eigenvalue weighted by Gasteiger charge is 2.04. The maximum Gasteiger partial charge on any atom is 0.299 e. The van der Waals surface area contributed by atoms with E-state index in [1.165, 1.54) is 11.3 Å². The fourth-order valence-electron chi connectivity index (χ4n) is 0.947. The van der Waals surface area contributed by atoms with Gasteiger partial charge in [0.25, 0.3) is 5.19 Å². The van der Waals surface area contributed by atoms with E-state index in [0.717, 1.165) is 4.47 Å². The third kappa shape index (κ3) is 2.74. The number of aromatic nitrogens is 2. The molecule has 1 aromatic heterocycles. The van der Waals surface area contributed by atoms with Crippen LogP contribution in [0.25, 0.3) is 0 Å². The summed E-state index contributed by atoms with van der Waals surface area (Å²) in [5.41, 5.74) is 0. The molecule has 0 aliphatic carbocycles. The average Bonchev–Trinajstić information content (AvgIpc) is 2.69. The number of benzene rings is 1. The number of nitrogens with zero attached hydrogens (tertiary/aromatic N) is 2. The quantitative estimate of drug-likeness (QED) is 0.942. The second-order valence-corrected chi connectivity index (χ2v) is 4.62. The summed E-state index contributed by atoms with van der Waals surface area (Å²) in [6, 6.07) is 7.40. The molecular formula is C9H7BrN2O2S. The molecular weight excluding hydrogens is 280 g/mol. The minimum atomic E-state index is -0.110. The summed E-state index contributed by atoms with van der Waals surface area (Å²) in [6.07, 6.45) is 0. The molecule has 0 amide bonds. The molecule has 0 aliphatic heterocycles. The van der Waals surface area contributed by atoms with Gasteiger partial charge in [-0.05, 0) is 24.3 Å². The molecule has 0 fully saturated rings. The number of ether oxygens (including phenoxy) is 1. The van der Waals surface area contributed by atoms with Gasteiger partial charge in [-0.15, -0.1) is 5.10 Å². The van der Waals surface area contributed by atoms with Crippen LogP contribution in [0.5, 0.6) is 10.9 Å². The third-order valence-corrected chi connectivity index (χ3v) is 2.92. The minimum Gasteiger partial charge on any atom is -0.430 e. The molecule has 1 heterocycles. The highest BCUT2D eigenvalue weighted by Crippen LogP contribution is 2.25. The summed E-state index contributed by atoms with van der Waals surface area (Å²) < 4.78 is 6.42. The van der Waals surface area contributed by atoms with Crippen LogP contribution < -0.4 is 4.74 Å². The van der Waals surface area contributed by atoms with Gasteiger partial charge in [0, 0.05) is 4.47 Å². The van der Waals surface area contributed by atoms with Crippen LogP contribution >= 0.6 is 27.3 Å². The third-order valence-electron chi connectivity index (χ3n) is 1.60. The summed E-state index contributed by atoms with van der Waals surface area (Å²) in [4.78, 5) is 0. The van der Waals surface area contributed by atoms with Gasteiger partial charge in [-0.2, -0.15) is 0 Å². The zero-order valence-electron chi connectivity index (χ0n) is 7.55. The van der Waals surface area contributed by atoms with Crippen LogP contribution in [0.15, 0.2) is 28.7 Å². The lowest BCUT2D eigenvalue weighted by molar-refractivity contribution is 0.280. The van der Waals surface area contributed by atoms with Crippen LogP contribution in [0.4, 0.5) is 0 Å². The Morgan fingerprint density at radius 1 is 1.27 bits per heavy atom. The van der Waals surface area contributed by atoms with Crippen LogP contribution in [0.2, 0.25) is 0 Å². The molecule has 0 unspecified atom stereocenters. The molecule has 0 saturated heterocycles. The zero-order chi connectivity index (χ0) is 10.7. The van der Waals surface area contributed by atoms with Crippen molar-refractivity contribution in [3.8, 4) is 10.9 Å². The minimum absolute atomic E-state index is 0.110. The van der Waals surface area contributed by atoms with E-state index in [1.54, 1.807) is 0 Å². The summed E-state index contributed by atoms with van der Waals surface area (Å²) >= 11 is 4.56. The van der Waals surface area contributed by atoms with E-state index >= 15 is 0 Å². The van der Waals surface area contributed by atoms with Gasteiger partial charge in [0.1, 0.15) is 10.8 Å². The monoisotopic (exact) mass is 286 g/mol. The zero-order valence-corrected chi connectivity index (χ0v) is 9.96. The molecule has 1 aromatic carbocycles. The van der Waals surface area contributed by atoms with E-state index in [2.05, 4.69) is 26.1 Å². The molecule has 4 nitrogen and oxygen atoms in total. The standard InChI is InChI=1S/C9H7BrN2O2S/c10-6-1-3-7(4-2-6)14-9-12-11-8(5-13)15-9/h1-4,13H,5H2. The average molecular weight is 287 g/mol. The molecule has 0 saturated carbocycles. The summed E-state index contributed by atoms with van der Waals surface area (Å²) in [5.74, 6) is 0.693. The van der Waals surface area contributed by atoms with Crippen LogP contribution in [-0.2, 0) is 6.61 Å². The Bertz CT molecular complexity index is 444. The van der Waals surface area contributed by atoms with Gasteiger partial charge in [0.2, 0.25) is 0 Å². The van der Waals surface area contributed by atoms with Gasteiger partial charge in [-0.1, -0.05) is 32.4 Å². The van der Waals surface area contributed by atoms with Crippen molar-refractivity contribution in [3.05, 3.63) is 33.7 Å². The van der Waals surface area contributed by atoms with Gasteiger partial charge >= 0.3 is 0 Å². The number of aliphatic hydroxyl groups excluding tert-OH is 1. The number of aliphatic hydroxyl groups is 1. The Morgan fingerprint density at radius 2 is 2.00 bits per heavy atom. The maximum absolute atomic E-state index is 8.80. The van der Waals surface area contributed by atoms with Crippen molar-refractivity contribution >= 4 is 27.3 Å². The van der Waals surface area contributed by atoms with E-state index in [0.29, 0.717) is 16.0 Å². The Labute approximate surface area is 98.7 Å². The first kappa shape index (κ1) is 10.5. The van der Waals surface area contributed by atoms with Gasteiger partial charge < -0.3 is 9.84 Å². The van der Waals surface area contributed by atoms with E-state index in [-0.39, 0.29) is 6.61 Å². The normalized spacial score (nSPS) is 10.3. The largest absolute Gasteiger partial charge is 0.430 e. The predicted molar refractivity (Wildman–Crippen MR) is 60.0 cm³/mol. The molecule has 1 N–H and O–H groups in total. The maximum atomic E-state index is 8.80. The molecule has 2 aromatic rings. The first-order chi connectivity index (χ1) is 7.28. The second kappa shape index (κ2) is 4.69. The Balaban J connectivity index is 2.11. The predicted octanol–water partition coefficient (Wildman–Crippen LogP) is 2.59. The fraction of sp³-hybridized carbons (Fsp3) is 0.111. The Hall–Kier alpha value is -0.980. The van der Waals surface area contributed by atoms with Crippen LogP contribution in [0.1, 0.15) is 5.01 Å². The molecule has 0 radical (unpaired) electrons. The highest BCUT2D eigenvalue weighted by molar-refractivity contribution is 9.10. The SMILES string of the molecule is OCc1nnc(Oc2ccc(Br)cc2)s1. The van der Waals surface area contributed by atoms with E-state index in [9.17, 15) is 0 Å². The molecule has 0 atom stereocenters. The molecule has 0 bridgehead atoms. The number of halogens is 1. The smallest absolute Gasteiger partial charge is 0.299 e. The molecule has 78 valence electrons.